The van der Waals surface area contributed by atoms with E-state index in [9.17, 15) is 4.79 Å². The molecule has 1 aliphatic rings. The van der Waals surface area contributed by atoms with E-state index in [2.05, 4.69) is 4.98 Å². The Morgan fingerprint density at radius 2 is 2.38 bits per heavy atom. The summed E-state index contributed by atoms with van der Waals surface area (Å²) in [6.07, 6.45) is 2.43. The van der Waals surface area contributed by atoms with Crippen molar-refractivity contribution in [3.63, 3.8) is 0 Å². The van der Waals surface area contributed by atoms with Crippen molar-refractivity contribution in [2.24, 2.45) is 0 Å². The second-order valence-electron chi connectivity index (χ2n) is 3.35. The van der Waals surface area contributed by atoms with Gasteiger partial charge in [0.1, 0.15) is 5.82 Å². The van der Waals surface area contributed by atoms with Crippen molar-refractivity contribution < 1.29 is 4.79 Å². The number of ketones is 1. The first kappa shape index (κ1) is 8.23. The monoisotopic (exact) mass is 176 g/mol. The standard InChI is InChI=1S/C10H12N2O/c1-8-3-2-5-11-10(8)12-6-4-9(13)7-12/h2-3,5H,4,6-7H2,1H3. The van der Waals surface area contributed by atoms with Crippen molar-refractivity contribution in [2.75, 3.05) is 18.0 Å². The first-order valence-electron chi connectivity index (χ1n) is 4.45. The maximum atomic E-state index is 11.1. The Morgan fingerprint density at radius 1 is 1.54 bits per heavy atom. The Kier molecular flexibility index (Phi) is 2.00. The third-order valence-electron chi connectivity index (χ3n) is 2.31. The van der Waals surface area contributed by atoms with Crippen LogP contribution in [0.2, 0.25) is 0 Å². The molecule has 1 fully saturated rings. The van der Waals surface area contributed by atoms with Gasteiger partial charge >= 0.3 is 0 Å². The SMILES string of the molecule is Cc1cccnc1N1CCC(=O)C1. The number of rotatable bonds is 1. The van der Waals surface area contributed by atoms with Crippen molar-refractivity contribution in [2.45, 2.75) is 13.3 Å². The second kappa shape index (κ2) is 3.17. The number of carbonyl (C=O) groups is 1. The van der Waals surface area contributed by atoms with Crippen molar-refractivity contribution in [1.82, 2.24) is 4.98 Å². The summed E-state index contributed by atoms with van der Waals surface area (Å²) in [7, 11) is 0. The number of hydrogen-bond donors (Lipinski definition) is 0. The summed E-state index contributed by atoms with van der Waals surface area (Å²) in [6.45, 7) is 3.36. The fraction of sp³-hybridized carbons (Fsp3) is 0.400. The van der Waals surface area contributed by atoms with Crippen LogP contribution in [0.25, 0.3) is 0 Å². The van der Waals surface area contributed by atoms with Gasteiger partial charge in [-0.05, 0) is 18.6 Å². The molecule has 0 atom stereocenters. The summed E-state index contributed by atoms with van der Waals surface area (Å²) in [6, 6.07) is 3.93. The van der Waals surface area contributed by atoms with E-state index in [0.717, 1.165) is 17.9 Å². The largest absolute Gasteiger partial charge is 0.349 e. The quantitative estimate of drug-likeness (QED) is 0.644. The minimum Gasteiger partial charge on any atom is -0.349 e. The van der Waals surface area contributed by atoms with E-state index < -0.39 is 0 Å². The maximum absolute atomic E-state index is 11.1. The lowest BCUT2D eigenvalue weighted by atomic mass is 10.3. The minimum absolute atomic E-state index is 0.310. The van der Waals surface area contributed by atoms with Gasteiger partial charge in [-0.15, -0.1) is 0 Å². The lowest BCUT2D eigenvalue weighted by Gasteiger charge is -2.16. The minimum atomic E-state index is 0.310. The predicted molar refractivity (Wildman–Crippen MR) is 50.8 cm³/mol. The third-order valence-corrected chi connectivity index (χ3v) is 2.31. The molecule has 1 saturated heterocycles. The first-order valence-corrected chi connectivity index (χ1v) is 4.45. The molecule has 1 aliphatic heterocycles. The zero-order chi connectivity index (χ0) is 9.26. The summed E-state index contributed by atoms with van der Waals surface area (Å²) in [5.74, 6) is 1.26. The van der Waals surface area contributed by atoms with Gasteiger partial charge < -0.3 is 4.90 Å². The molecule has 3 nitrogen and oxygen atoms in total. The van der Waals surface area contributed by atoms with E-state index in [1.54, 1.807) is 6.20 Å². The number of pyridine rings is 1. The number of anilines is 1. The molecule has 2 heterocycles. The van der Waals surface area contributed by atoms with Gasteiger partial charge in [-0.3, -0.25) is 4.79 Å². The summed E-state index contributed by atoms with van der Waals surface area (Å²) >= 11 is 0. The maximum Gasteiger partial charge on any atom is 0.153 e. The lowest BCUT2D eigenvalue weighted by molar-refractivity contribution is -0.116. The van der Waals surface area contributed by atoms with E-state index in [-0.39, 0.29) is 0 Å². The van der Waals surface area contributed by atoms with E-state index in [4.69, 9.17) is 0 Å². The average Bonchev–Trinajstić information content (AvgIpc) is 2.53. The molecule has 1 aromatic rings. The summed E-state index contributed by atoms with van der Waals surface area (Å²) < 4.78 is 0. The van der Waals surface area contributed by atoms with Crippen molar-refractivity contribution in [1.29, 1.82) is 0 Å². The van der Waals surface area contributed by atoms with Crippen LogP contribution in [0.1, 0.15) is 12.0 Å². The molecule has 3 heteroatoms. The topological polar surface area (TPSA) is 33.2 Å². The van der Waals surface area contributed by atoms with Crippen LogP contribution >= 0.6 is 0 Å². The average molecular weight is 176 g/mol. The molecule has 0 N–H and O–H groups in total. The number of hydrogen-bond acceptors (Lipinski definition) is 3. The summed E-state index contributed by atoms with van der Waals surface area (Å²) in [5.41, 5.74) is 1.14. The normalized spacial score (nSPS) is 16.7. The van der Waals surface area contributed by atoms with Crippen LogP contribution in [0, 0.1) is 6.92 Å². The molecule has 0 radical (unpaired) electrons. The van der Waals surface area contributed by atoms with Crippen LogP contribution in [-0.2, 0) is 4.79 Å². The van der Waals surface area contributed by atoms with Crippen LogP contribution in [-0.4, -0.2) is 23.9 Å². The Morgan fingerprint density at radius 3 is 3.00 bits per heavy atom. The molecular weight excluding hydrogens is 164 g/mol. The molecule has 0 spiro atoms. The number of carbonyl (C=O) groups excluding carboxylic acids is 1. The van der Waals surface area contributed by atoms with Crippen LogP contribution in [0.5, 0.6) is 0 Å². The fourth-order valence-electron chi connectivity index (χ4n) is 1.62. The molecule has 13 heavy (non-hydrogen) atoms. The van der Waals surface area contributed by atoms with Gasteiger partial charge in [0.2, 0.25) is 0 Å². The highest BCUT2D eigenvalue weighted by Gasteiger charge is 2.21. The molecular formula is C10H12N2O. The van der Waals surface area contributed by atoms with Gasteiger partial charge in [0, 0.05) is 19.2 Å². The number of nitrogens with zero attached hydrogens (tertiary/aromatic N) is 2. The molecule has 0 aromatic carbocycles. The van der Waals surface area contributed by atoms with Gasteiger partial charge in [-0.2, -0.15) is 0 Å². The Balaban J connectivity index is 2.26. The molecule has 0 bridgehead atoms. The zero-order valence-corrected chi connectivity index (χ0v) is 7.66. The van der Waals surface area contributed by atoms with Crippen molar-refractivity contribution in [3.8, 4) is 0 Å². The molecule has 0 saturated carbocycles. The molecule has 2 rings (SSSR count). The highest BCUT2D eigenvalue weighted by Crippen LogP contribution is 2.19. The van der Waals surface area contributed by atoms with Gasteiger partial charge in [0.05, 0.1) is 6.54 Å². The Hall–Kier alpha value is -1.38. The molecule has 68 valence electrons. The van der Waals surface area contributed by atoms with E-state index in [0.29, 0.717) is 18.7 Å². The van der Waals surface area contributed by atoms with Crippen LogP contribution in [0.3, 0.4) is 0 Å². The summed E-state index contributed by atoms with van der Waals surface area (Å²) in [4.78, 5) is 17.4. The van der Waals surface area contributed by atoms with Gasteiger partial charge in [-0.1, -0.05) is 6.07 Å². The second-order valence-corrected chi connectivity index (χ2v) is 3.35. The summed E-state index contributed by atoms with van der Waals surface area (Å²) in [5, 5.41) is 0. The molecule has 0 unspecified atom stereocenters. The Bertz CT molecular complexity index is 335. The van der Waals surface area contributed by atoms with Crippen LogP contribution < -0.4 is 4.90 Å². The number of Topliss-reactive ketones (excluding diaryl/α,β-unsaturated/α-hetero) is 1. The van der Waals surface area contributed by atoms with E-state index in [1.165, 1.54) is 0 Å². The van der Waals surface area contributed by atoms with Gasteiger partial charge in [-0.25, -0.2) is 4.98 Å². The smallest absolute Gasteiger partial charge is 0.153 e. The van der Waals surface area contributed by atoms with Crippen LogP contribution in [0.15, 0.2) is 18.3 Å². The number of aromatic nitrogens is 1. The predicted octanol–water partition coefficient (Wildman–Crippen LogP) is 1.17. The van der Waals surface area contributed by atoms with Crippen molar-refractivity contribution >= 4 is 11.6 Å². The van der Waals surface area contributed by atoms with Gasteiger partial charge in [0.25, 0.3) is 0 Å². The third kappa shape index (κ3) is 1.54. The molecule has 0 amide bonds. The first-order chi connectivity index (χ1) is 6.27. The van der Waals surface area contributed by atoms with E-state index in [1.807, 2.05) is 24.0 Å². The molecule has 1 aromatic heterocycles. The molecule has 0 aliphatic carbocycles. The van der Waals surface area contributed by atoms with Gasteiger partial charge in [0.15, 0.2) is 5.78 Å². The Labute approximate surface area is 77.4 Å². The van der Waals surface area contributed by atoms with Crippen molar-refractivity contribution in [3.05, 3.63) is 23.9 Å². The lowest BCUT2D eigenvalue weighted by Crippen LogP contribution is -2.21. The fourth-order valence-corrected chi connectivity index (χ4v) is 1.62. The van der Waals surface area contributed by atoms with E-state index >= 15 is 0 Å². The zero-order valence-electron chi connectivity index (χ0n) is 7.66. The highest BCUT2D eigenvalue weighted by atomic mass is 16.1. The highest BCUT2D eigenvalue weighted by molar-refractivity contribution is 5.86. The number of aryl methyl sites for hydroxylation is 1. The van der Waals surface area contributed by atoms with Crippen LogP contribution in [0.4, 0.5) is 5.82 Å².